The number of nitrogens with one attached hydrogen (secondary N) is 1. The van der Waals surface area contributed by atoms with E-state index in [1.807, 2.05) is 18.3 Å². The first-order valence-electron chi connectivity index (χ1n) is 4.61. The minimum Gasteiger partial charge on any atom is -0.278 e. The zero-order valence-corrected chi connectivity index (χ0v) is 9.31. The smallest absolute Gasteiger partial charge is 0.0668 e. The highest BCUT2D eigenvalue weighted by Crippen LogP contribution is 2.31. The number of rotatable bonds is 0. The van der Waals surface area contributed by atoms with Crippen LogP contribution in [0.3, 0.4) is 0 Å². The molecule has 0 bridgehead atoms. The predicted octanol–water partition coefficient (Wildman–Crippen LogP) is 3.51. The monoisotopic (exact) mass is 208 g/mol. The van der Waals surface area contributed by atoms with Gasteiger partial charge in [-0.15, -0.1) is 0 Å². The van der Waals surface area contributed by atoms with Gasteiger partial charge in [-0.25, -0.2) is 0 Å². The zero-order chi connectivity index (χ0) is 10.3. The Morgan fingerprint density at radius 1 is 1.29 bits per heavy atom. The van der Waals surface area contributed by atoms with Gasteiger partial charge in [-0.1, -0.05) is 32.4 Å². The van der Waals surface area contributed by atoms with Crippen LogP contribution < -0.4 is 0 Å². The molecule has 2 aromatic rings. The van der Waals surface area contributed by atoms with E-state index in [0.717, 1.165) is 15.9 Å². The van der Waals surface area contributed by atoms with E-state index >= 15 is 0 Å². The molecule has 1 N–H and O–H groups in total. The summed E-state index contributed by atoms with van der Waals surface area (Å²) >= 11 is 6.04. The molecule has 0 aliphatic heterocycles. The molecule has 0 aliphatic carbocycles. The summed E-state index contributed by atoms with van der Waals surface area (Å²) in [4.78, 5) is 0. The molecule has 0 radical (unpaired) electrons. The first kappa shape index (κ1) is 9.53. The van der Waals surface area contributed by atoms with Crippen LogP contribution in [0.4, 0.5) is 0 Å². The topological polar surface area (TPSA) is 28.7 Å². The largest absolute Gasteiger partial charge is 0.278 e. The lowest BCUT2D eigenvalue weighted by atomic mass is 9.85. The lowest BCUT2D eigenvalue weighted by molar-refractivity contribution is 0.596. The van der Waals surface area contributed by atoms with Gasteiger partial charge in [0.25, 0.3) is 0 Å². The maximum Gasteiger partial charge on any atom is 0.0668 e. The van der Waals surface area contributed by atoms with Crippen LogP contribution in [-0.4, -0.2) is 10.2 Å². The highest BCUT2D eigenvalue weighted by atomic mass is 35.5. The summed E-state index contributed by atoms with van der Waals surface area (Å²) in [6.07, 6.45) is 1.85. The van der Waals surface area contributed by atoms with E-state index in [1.54, 1.807) is 0 Å². The number of halogens is 1. The first-order valence-corrected chi connectivity index (χ1v) is 4.99. The van der Waals surface area contributed by atoms with Crippen molar-refractivity contribution < 1.29 is 0 Å². The third kappa shape index (κ3) is 1.50. The standard InChI is InChI=1S/C11H13ClN2/c1-11(2,3)9-4-7(12)5-10-8(9)6-13-14-10/h4-6H,1-3H3,(H,13,14). The fourth-order valence-corrected chi connectivity index (χ4v) is 1.85. The molecule has 0 amide bonds. The van der Waals surface area contributed by atoms with Crippen LogP contribution in [0.25, 0.3) is 10.9 Å². The summed E-state index contributed by atoms with van der Waals surface area (Å²) in [5, 5.41) is 8.88. The van der Waals surface area contributed by atoms with E-state index in [2.05, 4.69) is 31.0 Å². The number of hydrogen-bond acceptors (Lipinski definition) is 1. The van der Waals surface area contributed by atoms with E-state index in [4.69, 9.17) is 11.6 Å². The van der Waals surface area contributed by atoms with Crippen molar-refractivity contribution in [2.75, 3.05) is 0 Å². The van der Waals surface area contributed by atoms with Crippen molar-refractivity contribution in [2.45, 2.75) is 26.2 Å². The Kier molecular flexibility index (Phi) is 2.04. The van der Waals surface area contributed by atoms with Crippen LogP contribution in [0, 0.1) is 0 Å². The molecule has 3 heteroatoms. The van der Waals surface area contributed by atoms with Gasteiger partial charge in [0.05, 0.1) is 11.7 Å². The SMILES string of the molecule is CC(C)(C)c1cc(Cl)cc2[nH]ncc12. The first-order chi connectivity index (χ1) is 6.48. The molecule has 1 heterocycles. The molecule has 0 saturated heterocycles. The van der Waals surface area contributed by atoms with Gasteiger partial charge in [-0.3, -0.25) is 5.10 Å². The summed E-state index contributed by atoms with van der Waals surface area (Å²) in [5.74, 6) is 0. The van der Waals surface area contributed by atoms with Crippen LogP contribution in [0.5, 0.6) is 0 Å². The quantitative estimate of drug-likeness (QED) is 0.705. The van der Waals surface area contributed by atoms with Crippen molar-refractivity contribution in [1.29, 1.82) is 0 Å². The van der Waals surface area contributed by atoms with E-state index in [1.165, 1.54) is 5.56 Å². The minimum absolute atomic E-state index is 0.0903. The number of hydrogen-bond donors (Lipinski definition) is 1. The second kappa shape index (κ2) is 2.99. The molecule has 0 saturated carbocycles. The van der Waals surface area contributed by atoms with Gasteiger partial charge in [0, 0.05) is 10.4 Å². The Bertz CT molecular complexity index is 466. The minimum atomic E-state index is 0.0903. The van der Waals surface area contributed by atoms with Crippen LogP contribution in [-0.2, 0) is 5.41 Å². The summed E-state index contributed by atoms with van der Waals surface area (Å²) in [7, 11) is 0. The molecule has 0 atom stereocenters. The zero-order valence-electron chi connectivity index (χ0n) is 8.56. The van der Waals surface area contributed by atoms with Crippen molar-refractivity contribution in [3.63, 3.8) is 0 Å². The molecular formula is C11H13ClN2. The Balaban J connectivity index is 2.80. The molecule has 14 heavy (non-hydrogen) atoms. The Morgan fingerprint density at radius 3 is 2.64 bits per heavy atom. The number of fused-ring (bicyclic) bond motifs is 1. The number of H-pyrrole nitrogens is 1. The van der Waals surface area contributed by atoms with Crippen LogP contribution in [0.15, 0.2) is 18.3 Å². The van der Waals surface area contributed by atoms with E-state index < -0.39 is 0 Å². The van der Waals surface area contributed by atoms with Crippen LogP contribution in [0.1, 0.15) is 26.3 Å². The van der Waals surface area contributed by atoms with Crippen molar-refractivity contribution >= 4 is 22.5 Å². The number of aromatic nitrogens is 2. The second-order valence-electron chi connectivity index (χ2n) is 4.53. The predicted molar refractivity (Wildman–Crippen MR) is 59.8 cm³/mol. The number of benzene rings is 1. The number of aromatic amines is 1. The maximum atomic E-state index is 6.04. The lowest BCUT2D eigenvalue weighted by Gasteiger charge is -2.20. The fraction of sp³-hybridized carbons (Fsp3) is 0.364. The van der Waals surface area contributed by atoms with Crippen molar-refractivity contribution in [3.05, 3.63) is 28.9 Å². The van der Waals surface area contributed by atoms with Gasteiger partial charge in [-0.2, -0.15) is 5.10 Å². The molecule has 0 unspecified atom stereocenters. The van der Waals surface area contributed by atoms with E-state index in [0.29, 0.717) is 0 Å². The highest BCUT2D eigenvalue weighted by Gasteiger charge is 2.18. The van der Waals surface area contributed by atoms with E-state index in [9.17, 15) is 0 Å². The highest BCUT2D eigenvalue weighted by molar-refractivity contribution is 6.31. The van der Waals surface area contributed by atoms with E-state index in [-0.39, 0.29) is 5.41 Å². The van der Waals surface area contributed by atoms with Gasteiger partial charge < -0.3 is 0 Å². The average molecular weight is 209 g/mol. The van der Waals surface area contributed by atoms with Gasteiger partial charge >= 0.3 is 0 Å². The number of nitrogens with zero attached hydrogens (tertiary/aromatic N) is 1. The van der Waals surface area contributed by atoms with Crippen molar-refractivity contribution in [3.8, 4) is 0 Å². The van der Waals surface area contributed by atoms with Gasteiger partial charge in [0.15, 0.2) is 0 Å². The Labute approximate surface area is 88.3 Å². The second-order valence-corrected chi connectivity index (χ2v) is 4.97. The van der Waals surface area contributed by atoms with Gasteiger partial charge in [-0.05, 0) is 23.1 Å². The summed E-state index contributed by atoms with van der Waals surface area (Å²) in [6, 6.07) is 3.92. The lowest BCUT2D eigenvalue weighted by Crippen LogP contribution is -2.11. The summed E-state index contributed by atoms with van der Waals surface area (Å²) in [6.45, 7) is 6.52. The average Bonchev–Trinajstić information content (AvgIpc) is 2.47. The van der Waals surface area contributed by atoms with Crippen molar-refractivity contribution in [1.82, 2.24) is 10.2 Å². The molecule has 2 nitrogen and oxygen atoms in total. The Hall–Kier alpha value is -1.02. The normalized spacial score (nSPS) is 12.3. The fourth-order valence-electron chi connectivity index (χ4n) is 1.64. The molecular weight excluding hydrogens is 196 g/mol. The van der Waals surface area contributed by atoms with Gasteiger partial charge in [0.1, 0.15) is 0 Å². The van der Waals surface area contributed by atoms with Crippen LogP contribution >= 0.6 is 11.6 Å². The van der Waals surface area contributed by atoms with Crippen molar-refractivity contribution in [2.24, 2.45) is 0 Å². The third-order valence-electron chi connectivity index (χ3n) is 2.33. The molecule has 1 aromatic heterocycles. The molecule has 0 spiro atoms. The third-order valence-corrected chi connectivity index (χ3v) is 2.55. The maximum absolute atomic E-state index is 6.04. The molecule has 1 aromatic carbocycles. The summed E-state index contributed by atoms with van der Waals surface area (Å²) < 4.78 is 0. The van der Waals surface area contributed by atoms with Gasteiger partial charge in [0.2, 0.25) is 0 Å². The van der Waals surface area contributed by atoms with Crippen LogP contribution in [0.2, 0.25) is 5.02 Å². The molecule has 2 rings (SSSR count). The molecule has 74 valence electrons. The summed E-state index contributed by atoms with van der Waals surface area (Å²) in [5.41, 5.74) is 2.32. The molecule has 0 aliphatic rings. The Morgan fingerprint density at radius 2 is 2.00 bits per heavy atom. The molecule has 0 fully saturated rings.